The number of piperidine rings is 3. The van der Waals surface area contributed by atoms with Crippen LogP contribution in [0.5, 0.6) is 0 Å². The molecule has 1 aromatic carbocycles. The molecule has 1 aromatic heterocycles. The number of hydrogen-bond acceptors (Lipinski definition) is 5. The van der Waals surface area contributed by atoms with Crippen LogP contribution in [-0.4, -0.2) is 49.7 Å². The summed E-state index contributed by atoms with van der Waals surface area (Å²) in [6.45, 7) is 4.77. The summed E-state index contributed by atoms with van der Waals surface area (Å²) in [7, 11) is -3.17. The standard InChI is InChI=1S/C20H25N3O2S/c1-14-20(16-9-11-23(14)12-10-16)22-17-5-8-19(21-13-17)15-3-6-18(7-4-15)26(2,24)25/h3-8,13-14,16,20,22H,9-12H2,1-2H3/t14-,20+/m1/s1. The summed E-state index contributed by atoms with van der Waals surface area (Å²) >= 11 is 0. The quantitative estimate of drug-likeness (QED) is 0.895. The summed E-state index contributed by atoms with van der Waals surface area (Å²) in [5, 5.41) is 3.69. The van der Waals surface area contributed by atoms with Crippen molar-refractivity contribution in [1.29, 1.82) is 0 Å². The van der Waals surface area contributed by atoms with Crippen molar-refractivity contribution < 1.29 is 8.42 Å². The minimum atomic E-state index is -3.17. The van der Waals surface area contributed by atoms with E-state index in [9.17, 15) is 8.42 Å². The molecule has 0 radical (unpaired) electrons. The van der Waals surface area contributed by atoms with Gasteiger partial charge in [-0.15, -0.1) is 0 Å². The lowest BCUT2D eigenvalue weighted by molar-refractivity contribution is 0.0458. The highest BCUT2D eigenvalue weighted by atomic mass is 32.2. The van der Waals surface area contributed by atoms with Gasteiger partial charge in [-0.1, -0.05) is 12.1 Å². The van der Waals surface area contributed by atoms with Gasteiger partial charge in [-0.3, -0.25) is 9.88 Å². The Bertz CT molecular complexity index is 868. The van der Waals surface area contributed by atoms with Crippen LogP contribution in [0.25, 0.3) is 11.3 Å². The average molecular weight is 372 g/mol. The third kappa shape index (κ3) is 3.35. The average Bonchev–Trinajstić information content (AvgIpc) is 2.65. The first-order valence-corrected chi connectivity index (χ1v) is 11.1. The molecule has 5 rings (SSSR count). The Morgan fingerprint density at radius 1 is 1.08 bits per heavy atom. The van der Waals surface area contributed by atoms with Crippen molar-refractivity contribution in [2.24, 2.45) is 5.92 Å². The molecule has 138 valence electrons. The maximum atomic E-state index is 11.6. The molecule has 26 heavy (non-hydrogen) atoms. The van der Waals surface area contributed by atoms with Gasteiger partial charge in [-0.25, -0.2) is 8.42 Å². The van der Waals surface area contributed by atoms with Crippen molar-refractivity contribution >= 4 is 15.5 Å². The van der Waals surface area contributed by atoms with Gasteiger partial charge in [-0.2, -0.15) is 0 Å². The number of hydrogen-bond donors (Lipinski definition) is 1. The molecular weight excluding hydrogens is 346 g/mol. The third-order valence-electron chi connectivity index (χ3n) is 5.85. The lowest BCUT2D eigenvalue weighted by Crippen LogP contribution is -2.59. The van der Waals surface area contributed by atoms with Crippen LogP contribution >= 0.6 is 0 Å². The van der Waals surface area contributed by atoms with Crippen LogP contribution in [0, 0.1) is 5.92 Å². The molecule has 2 atom stereocenters. The van der Waals surface area contributed by atoms with Gasteiger partial charge >= 0.3 is 0 Å². The zero-order valence-electron chi connectivity index (χ0n) is 15.2. The van der Waals surface area contributed by atoms with Crippen LogP contribution in [0.3, 0.4) is 0 Å². The number of aromatic nitrogens is 1. The van der Waals surface area contributed by atoms with Crippen molar-refractivity contribution in [1.82, 2.24) is 9.88 Å². The second kappa shape index (κ2) is 6.67. The van der Waals surface area contributed by atoms with Crippen LogP contribution in [0.2, 0.25) is 0 Å². The number of nitrogens with one attached hydrogen (secondary N) is 1. The number of pyridine rings is 1. The fourth-order valence-corrected chi connectivity index (χ4v) is 4.89. The van der Waals surface area contributed by atoms with E-state index in [2.05, 4.69) is 28.2 Å². The normalized spacial score (nSPS) is 28.1. The summed E-state index contributed by atoms with van der Waals surface area (Å²) in [4.78, 5) is 7.47. The number of fused-ring (bicyclic) bond motifs is 3. The van der Waals surface area contributed by atoms with E-state index in [-0.39, 0.29) is 0 Å². The highest BCUT2D eigenvalue weighted by Crippen LogP contribution is 2.34. The fraction of sp³-hybridized carbons (Fsp3) is 0.450. The van der Waals surface area contributed by atoms with E-state index in [1.54, 1.807) is 24.3 Å². The van der Waals surface area contributed by atoms with Crippen LogP contribution in [-0.2, 0) is 9.84 Å². The predicted octanol–water partition coefficient (Wildman–Crippen LogP) is 3.05. The maximum absolute atomic E-state index is 11.6. The lowest BCUT2D eigenvalue weighted by Gasteiger charge is -2.50. The molecule has 3 fully saturated rings. The minimum Gasteiger partial charge on any atom is -0.379 e. The molecule has 0 amide bonds. The smallest absolute Gasteiger partial charge is 0.175 e. The van der Waals surface area contributed by atoms with E-state index >= 15 is 0 Å². The van der Waals surface area contributed by atoms with E-state index in [0.717, 1.165) is 22.9 Å². The molecule has 4 heterocycles. The fourth-order valence-electron chi connectivity index (χ4n) is 4.26. The predicted molar refractivity (Wildman–Crippen MR) is 104 cm³/mol. The zero-order chi connectivity index (χ0) is 18.3. The molecule has 3 aliphatic heterocycles. The summed E-state index contributed by atoms with van der Waals surface area (Å²) in [6.07, 6.45) is 5.65. The number of benzene rings is 1. The Morgan fingerprint density at radius 2 is 1.77 bits per heavy atom. The third-order valence-corrected chi connectivity index (χ3v) is 6.98. The molecule has 2 bridgehead atoms. The van der Waals surface area contributed by atoms with Gasteiger partial charge in [0.2, 0.25) is 0 Å². The zero-order valence-corrected chi connectivity index (χ0v) is 16.0. The van der Waals surface area contributed by atoms with Gasteiger partial charge in [0.1, 0.15) is 0 Å². The Labute approximate surface area is 155 Å². The minimum absolute atomic E-state index is 0.330. The number of nitrogens with zero attached hydrogens (tertiary/aromatic N) is 2. The SMILES string of the molecule is C[C@@H]1[C@H](Nc2ccc(-c3ccc(S(C)(=O)=O)cc3)nc2)C2CCN1CC2. The molecule has 2 aromatic rings. The second-order valence-corrected chi connectivity index (χ2v) is 9.53. The van der Waals surface area contributed by atoms with E-state index in [1.165, 1.54) is 32.2 Å². The number of sulfone groups is 1. The summed E-state index contributed by atoms with van der Waals surface area (Å²) in [5.74, 6) is 0.748. The van der Waals surface area contributed by atoms with E-state index in [0.29, 0.717) is 17.0 Å². The van der Waals surface area contributed by atoms with Crippen LogP contribution < -0.4 is 5.32 Å². The highest BCUT2D eigenvalue weighted by molar-refractivity contribution is 7.90. The first-order chi connectivity index (χ1) is 12.4. The number of rotatable bonds is 4. The first-order valence-electron chi connectivity index (χ1n) is 9.19. The van der Waals surface area contributed by atoms with E-state index in [1.807, 2.05) is 12.3 Å². The molecule has 1 N–H and O–H groups in total. The van der Waals surface area contributed by atoms with Gasteiger partial charge in [0, 0.05) is 23.9 Å². The lowest BCUT2D eigenvalue weighted by atomic mass is 9.79. The van der Waals surface area contributed by atoms with Crippen molar-refractivity contribution in [3.8, 4) is 11.3 Å². The molecule has 0 aliphatic carbocycles. The molecule has 3 saturated heterocycles. The molecule has 5 nitrogen and oxygen atoms in total. The van der Waals surface area contributed by atoms with E-state index < -0.39 is 9.84 Å². The second-order valence-electron chi connectivity index (χ2n) is 7.51. The van der Waals surface area contributed by atoms with Crippen LogP contribution in [0.15, 0.2) is 47.5 Å². The van der Waals surface area contributed by atoms with Gasteiger partial charge in [-0.05, 0) is 63.0 Å². The largest absolute Gasteiger partial charge is 0.379 e. The Kier molecular flexibility index (Phi) is 4.49. The summed E-state index contributed by atoms with van der Waals surface area (Å²) in [6, 6.07) is 12.0. The molecule has 0 unspecified atom stereocenters. The first kappa shape index (κ1) is 17.5. The maximum Gasteiger partial charge on any atom is 0.175 e. The Balaban J connectivity index is 1.48. The van der Waals surface area contributed by atoms with E-state index in [4.69, 9.17) is 0 Å². The Hall–Kier alpha value is -1.92. The molecule has 3 aliphatic rings. The summed E-state index contributed by atoms with van der Waals surface area (Å²) in [5.41, 5.74) is 2.81. The van der Waals surface area contributed by atoms with Crippen LogP contribution in [0.1, 0.15) is 19.8 Å². The molecule has 0 saturated carbocycles. The molecule has 6 heteroatoms. The molecular formula is C20H25N3O2S. The Morgan fingerprint density at radius 3 is 2.31 bits per heavy atom. The van der Waals surface area contributed by atoms with Crippen molar-refractivity contribution in [3.05, 3.63) is 42.6 Å². The summed E-state index contributed by atoms with van der Waals surface area (Å²) < 4.78 is 23.1. The van der Waals surface area contributed by atoms with Gasteiger partial charge in [0.15, 0.2) is 9.84 Å². The molecule has 0 spiro atoms. The number of anilines is 1. The van der Waals surface area contributed by atoms with Gasteiger partial charge in [0.05, 0.1) is 22.5 Å². The monoisotopic (exact) mass is 371 g/mol. The van der Waals surface area contributed by atoms with Crippen molar-refractivity contribution in [2.45, 2.75) is 36.7 Å². The van der Waals surface area contributed by atoms with Crippen LogP contribution in [0.4, 0.5) is 5.69 Å². The highest BCUT2D eigenvalue weighted by Gasteiger charge is 2.39. The topological polar surface area (TPSA) is 62.3 Å². The van der Waals surface area contributed by atoms with Gasteiger partial charge in [0.25, 0.3) is 0 Å². The van der Waals surface area contributed by atoms with Gasteiger partial charge < -0.3 is 5.32 Å². The van der Waals surface area contributed by atoms with Crippen molar-refractivity contribution in [2.75, 3.05) is 24.7 Å². The van der Waals surface area contributed by atoms with Crippen molar-refractivity contribution in [3.63, 3.8) is 0 Å².